The van der Waals surface area contributed by atoms with Crippen molar-refractivity contribution in [2.45, 2.75) is 31.7 Å². The number of aromatic nitrogens is 2. The molecule has 0 saturated carbocycles. The first-order valence-electron chi connectivity index (χ1n) is 6.32. The minimum Gasteiger partial charge on any atom is -0.385 e. The van der Waals surface area contributed by atoms with Crippen molar-refractivity contribution in [3.63, 3.8) is 0 Å². The van der Waals surface area contributed by atoms with Crippen molar-refractivity contribution in [1.29, 1.82) is 0 Å². The number of benzene rings is 1. The van der Waals surface area contributed by atoms with Crippen molar-refractivity contribution < 1.29 is 4.74 Å². The summed E-state index contributed by atoms with van der Waals surface area (Å²) in [6.45, 7) is 3.71. The minimum absolute atomic E-state index is 0.0696. The number of aryl methyl sites for hydroxylation is 1. The van der Waals surface area contributed by atoms with Gasteiger partial charge in [0.25, 0.3) is 0 Å². The fraction of sp³-hybridized carbons (Fsp3) is 0.500. The van der Waals surface area contributed by atoms with Crippen LogP contribution in [0.25, 0.3) is 11.0 Å². The summed E-state index contributed by atoms with van der Waals surface area (Å²) in [6, 6.07) is 8.18. The van der Waals surface area contributed by atoms with Gasteiger partial charge in [0.2, 0.25) is 0 Å². The van der Waals surface area contributed by atoms with E-state index in [1.54, 1.807) is 7.11 Å². The Morgan fingerprint density at radius 3 is 2.83 bits per heavy atom. The van der Waals surface area contributed by atoms with E-state index in [1.807, 2.05) is 25.1 Å². The first kappa shape index (κ1) is 13.4. The molecule has 0 saturated heterocycles. The zero-order valence-electron chi connectivity index (χ0n) is 10.9. The van der Waals surface area contributed by atoms with Crippen molar-refractivity contribution in [2.24, 2.45) is 0 Å². The standard InChI is InChI=1S/C14H19ClN2O/c1-11(15)14-16-12-7-3-4-8-13(12)17(14)9-5-6-10-18-2/h3-4,7-8,11H,5-6,9-10H2,1-2H3. The first-order valence-corrected chi connectivity index (χ1v) is 6.76. The molecule has 2 rings (SSSR count). The number of rotatable bonds is 6. The van der Waals surface area contributed by atoms with Crippen LogP contribution in [0.5, 0.6) is 0 Å². The SMILES string of the molecule is COCCCCn1c(C(C)Cl)nc2ccccc21. The van der Waals surface area contributed by atoms with Crippen molar-refractivity contribution in [1.82, 2.24) is 9.55 Å². The van der Waals surface area contributed by atoms with Crippen LogP contribution in [0, 0.1) is 0 Å². The number of halogens is 1. The van der Waals surface area contributed by atoms with Gasteiger partial charge in [0.05, 0.1) is 16.4 Å². The average molecular weight is 267 g/mol. The van der Waals surface area contributed by atoms with Gasteiger partial charge >= 0.3 is 0 Å². The summed E-state index contributed by atoms with van der Waals surface area (Å²) in [5.41, 5.74) is 2.18. The van der Waals surface area contributed by atoms with E-state index >= 15 is 0 Å². The number of unbranched alkanes of at least 4 members (excludes halogenated alkanes) is 1. The highest BCUT2D eigenvalue weighted by atomic mass is 35.5. The van der Waals surface area contributed by atoms with Gasteiger partial charge in [-0.2, -0.15) is 0 Å². The molecule has 1 heterocycles. The molecule has 2 aromatic rings. The summed E-state index contributed by atoms with van der Waals surface area (Å²) >= 11 is 6.21. The van der Waals surface area contributed by atoms with Gasteiger partial charge in [-0.3, -0.25) is 0 Å². The predicted octanol–water partition coefficient (Wildman–Crippen LogP) is 3.76. The van der Waals surface area contributed by atoms with Crippen molar-refractivity contribution in [3.8, 4) is 0 Å². The number of hydrogen-bond acceptors (Lipinski definition) is 2. The third kappa shape index (κ3) is 2.85. The summed E-state index contributed by atoms with van der Waals surface area (Å²) < 4.78 is 7.30. The third-order valence-corrected chi connectivity index (χ3v) is 3.22. The maximum absolute atomic E-state index is 6.21. The average Bonchev–Trinajstić information content (AvgIpc) is 2.74. The second kappa shape index (κ2) is 6.21. The summed E-state index contributed by atoms with van der Waals surface area (Å²) in [4.78, 5) is 4.61. The van der Waals surface area contributed by atoms with Crippen molar-refractivity contribution >= 4 is 22.6 Å². The highest BCUT2D eigenvalue weighted by molar-refractivity contribution is 6.20. The quantitative estimate of drug-likeness (QED) is 0.588. The smallest absolute Gasteiger partial charge is 0.127 e. The van der Waals surface area contributed by atoms with Gasteiger partial charge in [-0.15, -0.1) is 11.6 Å². The molecule has 0 amide bonds. The monoisotopic (exact) mass is 266 g/mol. The fourth-order valence-electron chi connectivity index (χ4n) is 2.15. The Morgan fingerprint density at radius 1 is 1.33 bits per heavy atom. The molecular weight excluding hydrogens is 248 g/mol. The number of para-hydroxylation sites is 2. The zero-order chi connectivity index (χ0) is 13.0. The molecule has 18 heavy (non-hydrogen) atoms. The Bertz CT molecular complexity index is 507. The lowest BCUT2D eigenvalue weighted by Gasteiger charge is -2.10. The van der Waals surface area contributed by atoms with Crippen LogP contribution in [0.3, 0.4) is 0 Å². The van der Waals surface area contributed by atoms with Gasteiger partial charge in [0.1, 0.15) is 5.82 Å². The maximum atomic E-state index is 6.21. The molecule has 1 aromatic carbocycles. The van der Waals surface area contributed by atoms with Gasteiger partial charge in [-0.05, 0) is 31.9 Å². The highest BCUT2D eigenvalue weighted by Gasteiger charge is 2.13. The van der Waals surface area contributed by atoms with Crippen LogP contribution in [-0.4, -0.2) is 23.3 Å². The Morgan fingerprint density at radius 2 is 2.11 bits per heavy atom. The van der Waals surface area contributed by atoms with Gasteiger partial charge in [-0.1, -0.05) is 12.1 Å². The highest BCUT2D eigenvalue weighted by Crippen LogP contribution is 2.24. The van der Waals surface area contributed by atoms with E-state index in [2.05, 4.69) is 15.6 Å². The molecular formula is C14H19ClN2O. The van der Waals surface area contributed by atoms with Gasteiger partial charge < -0.3 is 9.30 Å². The third-order valence-electron chi connectivity index (χ3n) is 3.02. The van der Waals surface area contributed by atoms with Crippen LogP contribution in [0.2, 0.25) is 0 Å². The number of fused-ring (bicyclic) bond motifs is 1. The van der Waals surface area contributed by atoms with Crippen molar-refractivity contribution in [2.75, 3.05) is 13.7 Å². The van der Waals surface area contributed by atoms with E-state index < -0.39 is 0 Å². The number of imidazole rings is 1. The molecule has 0 aliphatic rings. The molecule has 0 N–H and O–H groups in total. The van der Waals surface area contributed by atoms with E-state index in [0.717, 1.165) is 42.9 Å². The topological polar surface area (TPSA) is 27.1 Å². The molecule has 1 unspecified atom stereocenters. The summed E-state index contributed by atoms with van der Waals surface area (Å²) in [5, 5.41) is -0.0696. The fourth-order valence-corrected chi connectivity index (χ4v) is 2.32. The molecule has 0 bridgehead atoms. The molecule has 98 valence electrons. The molecule has 3 nitrogen and oxygen atoms in total. The van der Waals surface area contributed by atoms with Crippen LogP contribution in [0.4, 0.5) is 0 Å². The lowest BCUT2D eigenvalue weighted by molar-refractivity contribution is 0.191. The van der Waals surface area contributed by atoms with Crippen LogP contribution in [-0.2, 0) is 11.3 Å². The second-order valence-corrected chi connectivity index (χ2v) is 5.08. The number of nitrogens with zero attached hydrogens (tertiary/aromatic N) is 2. The lowest BCUT2D eigenvalue weighted by Crippen LogP contribution is -2.05. The Labute approximate surface area is 113 Å². The molecule has 4 heteroatoms. The van der Waals surface area contributed by atoms with E-state index in [9.17, 15) is 0 Å². The summed E-state index contributed by atoms with van der Waals surface area (Å²) in [7, 11) is 1.74. The molecule has 0 aliphatic carbocycles. The first-order chi connectivity index (χ1) is 8.74. The Kier molecular flexibility index (Phi) is 4.61. The largest absolute Gasteiger partial charge is 0.385 e. The van der Waals surface area contributed by atoms with Crippen LogP contribution in [0.1, 0.15) is 31.0 Å². The van der Waals surface area contributed by atoms with Gasteiger partial charge in [-0.25, -0.2) is 4.98 Å². The minimum atomic E-state index is -0.0696. The number of ether oxygens (including phenoxy) is 1. The van der Waals surface area contributed by atoms with Crippen LogP contribution >= 0.6 is 11.6 Å². The molecule has 0 radical (unpaired) electrons. The van der Waals surface area contributed by atoms with E-state index in [1.165, 1.54) is 0 Å². The normalized spacial score (nSPS) is 13.1. The Hall–Kier alpha value is -1.06. The van der Waals surface area contributed by atoms with E-state index in [-0.39, 0.29) is 5.38 Å². The maximum Gasteiger partial charge on any atom is 0.127 e. The van der Waals surface area contributed by atoms with Gasteiger partial charge in [0.15, 0.2) is 0 Å². The zero-order valence-corrected chi connectivity index (χ0v) is 11.7. The lowest BCUT2D eigenvalue weighted by atomic mass is 10.3. The Balaban J connectivity index is 2.24. The van der Waals surface area contributed by atoms with Crippen molar-refractivity contribution in [3.05, 3.63) is 30.1 Å². The van der Waals surface area contributed by atoms with Crippen LogP contribution in [0.15, 0.2) is 24.3 Å². The summed E-state index contributed by atoms with van der Waals surface area (Å²) in [6.07, 6.45) is 2.13. The molecule has 0 aliphatic heterocycles. The van der Waals surface area contributed by atoms with Crippen LogP contribution < -0.4 is 0 Å². The number of hydrogen-bond donors (Lipinski definition) is 0. The summed E-state index contributed by atoms with van der Waals surface area (Å²) in [5.74, 6) is 0.954. The second-order valence-electron chi connectivity index (χ2n) is 4.43. The van der Waals surface area contributed by atoms with Gasteiger partial charge in [0, 0.05) is 20.3 Å². The molecule has 0 fully saturated rings. The number of alkyl halides is 1. The predicted molar refractivity (Wildman–Crippen MR) is 75.1 cm³/mol. The molecule has 1 aromatic heterocycles. The number of methoxy groups -OCH3 is 1. The molecule has 1 atom stereocenters. The van der Waals surface area contributed by atoms with E-state index in [0.29, 0.717) is 0 Å². The van der Waals surface area contributed by atoms with E-state index in [4.69, 9.17) is 16.3 Å². The molecule has 0 spiro atoms.